The van der Waals surface area contributed by atoms with Crippen LogP contribution in [0.15, 0.2) is 30.6 Å². The highest BCUT2D eigenvalue weighted by atomic mass is 32.1. The molecule has 4 heterocycles. The Morgan fingerprint density at radius 2 is 1.88 bits per heavy atom. The quantitative estimate of drug-likeness (QED) is 0.625. The Labute approximate surface area is 192 Å². The van der Waals surface area contributed by atoms with Crippen LogP contribution in [0.5, 0.6) is 0 Å². The molecule has 8 heteroatoms. The lowest BCUT2D eigenvalue weighted by Gasteiger charge is -2.27. The lowest BCUT2D eigenvalue weighted by Crippen LogP contribution is -2.38. The van der Waals surface area contributed by atoms with E-state index < -0.39 is 0 Å². The number of thiazole rings is 1. The van der Waals surface area contributed by atoms with Gasteiger partial charge in [-0.05, 0) is 43.7 Å². The largest absolute Gasteiger partial charge is 0.381 e. The second-order valence-electron chi connectivity index (χ2n) is 8.53. The lowest BCUT2D eigenvalue weighted by molar-refractivity contribution is 0.0696. The molecule has 0 unspecified atom stereocenters. The number of benzene rings is 1. The van der Waals surface area contributed by atoms with Crippen molar-refractivity contribution in [3.63, 3.8) is 0 Å². The van der Waals surface area contributed by atoms with Gasteiger partial charge in [-0.25, -0.2) is 15.0 Å². The van der Waals surface area contributed by atoms with Gasteiger partial charge in [-0.15, -0.1) is 0 Å². The summed E-state index contributed by atoms with van der Waals surface area (Å²) < 4.78 is 5.39. The van der Waals surface area contributed by atoms with Crippen LogP contribution in [-0.2, 0) is 11.2 Å². The number of para-hydroxylation sites is 1. The van der Waals surface area contributed by atoms with E-state index in [1.165, 1.54) is 48.3 Å². The minimum absolute atomic E-state index is 0.132. The van der Waals surface area contributed by atoms with Gasteiger partial charge in [-0.3, -0.25) is 4.79 Å². The number of hydrogen-bond donors (Lipinski definition) is 1. The number of carbonyl (C=O) groups is 1. The second kappa shape index (κ2) is 9.92. The number of ether oxygens (including phenoxy) is 1. The third-order valence-corrected chi connectivity index (χ3v) is 7.25. The average Bonchev–Trinajstić information content (AvgIpc) is 3.28. The molecular weight excluding hydrogens is 422 g/mol. The van der Waals surface area contributed by atoms with Gasteiger partial charge in [0, 0.05) is 31.5 Å². The summed E-state index contributed by atoms with van der Waals surface area (Å²) in [6.45, 7) is 2.26. The number of hydrogen-bond acceptors (Lipinski definition) is 7. The van der Waals surface area contributed by atoms with E-state index in [2.05, 4.69) is 44.5 Å². The molecule has 5 rings (SSSR count). The predicted molar refractivity (Wildman–Crippen MR) is 127 cm³/mol. The minimum Gasteiger partial charge on any atom is -0.381 e. The van der Waals surface area contributed by atoms with Crippen molar-refractivity contribution in [2.45, 2.75) is 57.4 Å². The van der Waals surface area contributed by atoms with Gasteiger partial charge < -0.3 is 15.0 Å². The number of aromatic nitrogens is 3. The Bertz CT molecular complexity index is 1080. The number of rotatable bonds is 3. The highest BCUT2D eigenvalue weighted by Gasteiger charge is 2.24. The fraction of sp³-hybridized carbons (Fsp3) is 0.500. The van der Waals surface area contributed by atoms with E-state index in [1.807, 2.05) is 0 Å². The molecule has 1 amide bonds. The molecule has 1 aromatic carbocycles. The van der Waals surface area contributed by atoms with Crippen LogP contribution in [0.1, 0.15) is 60.3 Å². The SMILES string of the molecule is O=C(NC1CCOCC1)c1nc2c(N3CCCCCCCc4ccccc43)ncnc2s1. The molecule has 0 spiro atoms. The summed E-state index contributed by atoms with van der Waals surface area (Å²) in [7, 11) is 0. The van der Waals surface area contributed by atoms with E-state index >= 15 is 0 Å². The number of carbonyl (C=O) groups excluding carboxylic acids is 1. The number of aryl methyl sites for hydroxylation is 1. The molecule has 32 heavy (non-hydrogen) atoms. The van der Waals surface area contributed by atoms with Crippen molar-refractivity contribution in [2.24, 2.45) is 0 Å². The highest BCUT2D eigenvalue weighted by molar-refractivity contribution is 7.20. The van der Waals surface area contributed by atoms with Gasteiger partial charge in [0.05, 0.1) is 0 Å². The van der Waals surface area contributed by atoms with Crippen LogP contribution in [0.3, 0.4) is 0 Å². The van der Waals surface area contributed by atoms with Crippen molar-refractivity contribution in [2.75, 3.05) is 24.7 Å². The third-order valence-electron chi connectivity index (χ3n) is 6.29. The van der Waals surface area contributed by atoms with Gasteiger partial charge in [0.25, 0.3) is 5.91 Å². The first-order valence-corrected chi connectivity index (χ1v) is 12.5. The summed E-state index contributed by atoms with van der Waals surface area (Å²) in [5.41, 5.74) is 3.24. The third kappa shape index (κ3) is 4.61. The molecule has 2 aromatic heterocycles. The summed E-state index contributed by atoms with van der Waals surface area (Å²) in [5.74, 6) is 0.664. The molecule has 168 valence electrons. The van der Waals surface area contributed by atoms with Crippen molar-refractivity contribution < 1.29 is 9.53 Å². The van der Waals surface area contributed by atoms with Gasteiger partial charge in [-0.2, -0.15) is 0 Å². The molecule has 0 saturated carbocycles. The van der Waals surface area contributed by atoms with E-state index in [9.17, 15) is 4.79 Å². The zero-order valence-corrected chi connectivity index (χ0v) is 19.1. The Morgan fingerprint density at radius 1 is 1.06 bits per heavy atom. The Balaban J connectivity index is 1.49. The Kier molecular flexibility index (Phi) is 6.59. The molecule has 0 atom stereocenters. The molecule has 3 aromatic rings. The number of amides is 1. The van der Waals surface area contributed by atoms with Crippen molar-refractivity contribution in [3.8, 4) is 0 Å². The topological polar surface area (TPSA) is 80.2 Å². The molecule has 7 nitrogen and oxygen atoms in total. The van der Waals surface area contributed by atoms with E-state index in [4.69, 9.17) is 9.72 Å². The predicted octanol–water partition coefficient (Wildman–Crippen LogP) is 4.64. The monoisotopic (exact) mass is 451 g/mol. The summed E-state index contributed by atoms with van der Waals surface area (Å²) in [4.78, 5) is 29.7. The van der Waals surface area contributed by atoms with Crippen LogP contribution < -0.4 is 10.2 Å². The maximum atomic E-state index is 12.9. The Morgan fingerprint density at radius 3 is 2.78 bits per heavy atom. The van der Waals surface area contributed by atoms with Crippen LogP contribution in [0.2, 0.25) is 0 Å². The number of nitrogens with zero attached hydrogens (tertiary/aromatic N) is 4. The first-order chi connectivity index (χ1) is 15.8. The number of nitrogens with one attached hydrogen (secondary N) is 1. The van der Waals surface area contributed by atoms with Gasteiger partial charge in [0.1, 0.15) is 16.7 Å². The van der Waals surface area contributed by atoms with Gasteiger partial charge in [-0.1, -0.05) is 48.8 Å². The van der Waals surface area contributed by atoms with E-state index in [-0.39, 0.29) is 11.9 Å². The maximum absolute atomic E-state index is 12.9. The number of anilines is 2. The van der Waals surface area contributed by atoms with Crippen LogP contribution in [0, 0.1) is 0 Å². The lowest BCUT2D eigenvalue weighted by atomic mass is 10.0. The summed E-state index contributed by atoms with van der Waals surface area (Å²) >= 11 is 1.34. The Hall–Kier alpha value is -2.58. The first-order valence-electron chi connectivity index (χ1n) is 11.7. The molecule has 1 N–H and O–H groups in total. The fourth-order valence-corrected chi connectivity index (χ4v) is 5.37. The van der Waals surface area contributed by atoms with Crippen molar-refractivity contribution in [1.82, 2.24) is 20.3 Å². The van der Waals surface area contributed by atoms with E-state index in [0.29, 0.717) is 23.7 Å². The molecule has 0 bridgehead atoms. The molecule has 1 fully saturated rings. The van der Waals surface area contributed by atoms with E-state index in [0.717, 1.165) is 42.9 Å². The smallest absolute Gasteiger partial charge is 0.280 e. The van der Waals surface area contributed by atoms with E-state index in [1.54, 1.807) is 6.33 Å². The van der Waals surface area contributed by atoms with Crippen LogP contribution in [-0.4, -0.2) is 46.7 Å². The van der Waals surface area contributed by atoms with Crippen LogP contribution in [0.4, 0.5) is 11.5 Å². The van der Waals surface area contributed by atoms with Gasteiger partial charge in [0.15, 0.2) is 10.8 Å². The summed E-state index contributed by atoms with van der Waals surface area (Å²) in [6.07, 6.45) is 10.4. The van der Waals surface area contributed by atoms with Crippen LogP contribution in [0.25, 0.3) is 10.3 Å². The van der Waals surface area contributed by atoms with Crippen molar-refractivity contribution in [1.29, 1.82) is 0 Å². The maximum Gasteiger partial charge on any atom is 0.280 e. The number of fused-ring (bicyclic) bond motifs is 2. The molecule has 1 saturated heterocycles. The summed E-state index contributed by atoms with van der Waals surface area (Å²) in [5, 5.41) is 3.56. The average molecular weight is 452 g/mol. The molecule has 2 aliphatic rings. The second-order valence-corrected chi connectivity index (χ2v) is 9.51. The van der Waals surface area contributed by atoms with Crippen molar-refractivity contribution in [3.05, 3.63) is 41.2 Å². The standard InChI is InChI=1S/C24H29N5O2S/c30-22(27-18-11-14-31-15-12-18)24-28-20-21(25-16-26-23(20)32-24)29-13-7-3-1-2-4-8-17-9-5-6-10-19(17)29/h5-6,9-10,16,18H,1-4,7-8,11-15H2,(H,27,30). The van der Waals surface area contributed by atoms with Gasteiger partial charge >= 0.3 is 0 Å². The minimum atomic E-state index is -0.132. The van der Waals surface area contributed by atoms with Crippen LogP contribution >= 0.6 is 11.3 Å². The molecular formula is C24H29N5O2S. The fourth-order valence-electron chi connectivity index (χ4n) is 4.57. The zero-order chi connectivity index (χ0) is 21.8. The van der Waals surface area contributed by atoms with Crippen molar-refractivity contribution >= 4 is 39.1 Å². The highest BCUT2D eigenvalue weighted by Crippen LogP contribution is 2.35. The summed E-state index contributed by atoms with van der Waals surface area (Å²) in [6, 6.07) is 8.73. The normalized spacial score (nSPS) is 18.3. The molecule has 0 radical (unpaired) electrons. The zero-order valence-electron chi connectivity index (χ0n) is 18.3. The first kappa shape index (κ1) is 21.3. The van der Waals surface area contributed by atoms with Gasteiger partial charge in [0.2, 0.25) is 0 Å². The molecule has 0 aliphatic carbocycles. The molecule has 2 aliphatic heterocycles.